The molecule has 4 rings (SSSR count). The van der Waals surface area contributed by atoms with Gasteiger partial charge in [-0.05, 0) is 25.1 Å². The van der Waals surface area contributed by atoms with Crippen LogP contribution in [0.5, 0.6) is 11.5 Å². The lowest BCUT2D eigenvalue weighted by molar-refractivity contribution is 0.0678. The van der Waals surface area contributed by atoms with E-state index in [1.54, 1.807) is 13.0 Å². The second-order valence-corrected chi connectivity index (χ2v) is 7.54. The number of halogens is 1. The summed E-state index contributed by atoms with van der Waals surface area (Å²) >= 11 is 0. The van der Waals surface area contributed by atoms with E-state index in [4.69, 9.17) is 13.6 Å². The van der Waals surface area contributed by atoms with Crippen molar-refractivity contribution in [2.45, 2.75) is 26.5 Å². The lowest BCUT2D eigenvalue weighted by Crippen LogP contribution is -2.35. The van der Waals surface area contributed by atoms with Gasteiger partial charge in [0.1, 0.15) is 29.6 Å². The van der Waals surface area contributed by atoms with Gasteiger partial charge >= 0.3 is 0 Å². The van der Waals surface area contributed by atoms with Crippen molar-refractivity contribution >= 4 is 34.3 Å². The lowest BCUT2D eigenvalue weighted by Gasteiger charge is -2.24. The number of furan rings is 1. The van der Waals surface area contributed by atoms with Gasteiger partial charge in [0.2, 0.25) is 5.75 Å². The number of phenols is 1. The third kappa shape index (κ3) is 4.75. The first-order chi connectivity index (χ1) is 15.0. The second-order valence-electron chi connectivity index (χ2n) is 7.54. The molecule has 0 aliphatic heterocycles. The largest absolute Gasteiger partial charge is 0.506 e. The highest BCUT2D eigenvalue weighted by Crippen LogP contribution is 2.41. The van der Waals surface area contributed by atoms with Crippen LogP contribution in [0.3, 0.4) is 0 Å². The summed E-state index contributed by atoms with van der Waals surface area (Å²) in [4.78, 5) is 14.6. The first kappa shape index (κ1) is 23.7. The van der Waals surface area contributed by atoms with Crippen molar-refractivity contribution in [3.63, 3.8) is 0 Å². The topological polar surface area (TPSA) is 96.3 Å². The Morgan fingerprint density at radius 2 is 1.91 bits per heavy atom. The van der Waals surface area contributed by atoms with Crippen molar-refractivity contribution in [3.8, 4) is 11.5 Å². The van der Waals surface area contributed by atoms with E-state index in [2.05, 4.69) is 4.90 Å². The standard InChI is InChI=1S/C24H25NO6.ClH/c1-3-25(12-16-7-5-4-6-8-16)13-17(26)14-30-24-22-18(9-10-29-22)21(28)20-19(27)11-15(2)31-23(20)24;/h4-11,17,26,28H,3,12-14H2,1-2H3;1H. The third-order valence-corrected chi connectivity index (χ3v) is 5.23. The maximum Gasteiger partial charge on any atom is 0.206 e. The molecule has 7 nitrogen and oxygen atoms in total. The molecule has 0 aliphatic carbocycles. The average molecular weight is 460 g/mol. The molecule has 32 heavy (non-hydrogen) atoms. The lowest BCUT2D eigenvalue weighted by atomic mass is 10.1. The number of ether oxygens (including phenoxy) is 1. The number of aliphatic hydroxyl groups excluding tert-OH is 1. The van der Waals surface area contributed by atoms with Gasteiger partial charge in [0.05, 0.1) is 11.6 Å². The summed E-state index contributed by atoms with van der Waals surface area (Å²) in [5.41, 5.74) is 1.16. The minimum atomic E-state index is -0.783. The van der Waals surface area contributed by atoms with Crippen molar-refractivity contribution in [2.24, 2.45) is 0 Å². The number of phenolic OH excluding ortho intramolecular Hbond substituents is 1. The quantitative estimate of drug-likeness (QED) is 0.407. The maximum absolute atomic E-state index is 12.5. The van der Waals surface area contributed by atoms with Crippen LogP contribution >= 0.6 is 12.4 Å². The Hall–Kier alpha value is -3.00. The zero-order valence-corrected chi connectivity index (χ0v) is 18.7. The van der Waals surface area contributed by atoms with Gasteiger partial charge in [0, 0.05) is 19.2 Å². The van der Waals surface area contributed by atoms with Gasteiger partial charge in [-0.15, -0.1) is 12.4 Å². The average Bonchev–Trinajstić information content (AvgIpc) is 3.23. The number of aliphatic hydroxyl groups is 1. The van der Waals surface area contributed by atoms with Crippen LogP contribution in [0.25, 0.3) is 21.9 Å². The SMILES string of the molecule is CCN(Cc1ccccc1)CC(O)COc1c2occc2c(O)c2c(=O)cc(C)oc12.Cl. The number of rotatable bonds is 8. The summed E-state index contributed by atoms with van der Waals surface area (Å²) in [6, 6.07) is 12.9. The Balaban J connectivity index is 0.00000289. The molecule has 8 heteroatoms. The van der Waals surface area contributed by atoms with Gasteiger partial charge < -0.3 is 23.8 Å². The minimum Gasteiger partial charge on any atom is -0.506 e. The van der Waals surface area contributed by atoms with Crippen LogP contribution < -0.4 is 10.2 Å². The molecule has 2 aromatic carbocycles. The summed E-state index contributed by atoms with van der Waals surface area (Å²) in [6.45, 7) is 5.54. The van der Waals surface area contributed by atoms with Gasteiger partial charge in [-0.25, -0.2) is 0 Å². The molecule has 0 radical (unpaired) electrons. The normalized spacial score (nSPS) is 12.2. The molecule has 0 saturated heterocycles. The van der Waals surface area contributed by atoms with Crippen molar-refractivity contribution in [2.75, 3.05) is 19.7 Å². The van der Waals surface area contributed by atoms with E-state index >= 15 is 0 Å². The molecule has 2 aromatic heterocycles. The minimum absolute atomic E-state index is 0. The number of aryl methyl sites for hydroxylation is 1. The van der Waals surface area contributed by atoms with Crippen molar-refractivity contribution in [1.82, 2.24) is 4.90 Å². The number of nitrogens with zero attached hydrogens (tertiary/aromatic N) is 1. The Labute approximate surface area is 191 Å². The summed E-state index contributed by atoms with van der Waals surface area (Å²) in [6.07, 6.45) is 0.622. The molecule has 2 N–H and O–H groups in total. The monoisotopic (exact) mass is 459 g/mol. The molecular formula is C24H26ClNO6. The number of likely N-dealkylation sites (N-methyl/N-ethyl adjacent to an activating group) is 1. The number of aromatic hydroxyl groups is 1. The van der Waals surface area contributed by atoms with E-state index in [-0.39, 0.29) is 52.5 Å². The van der Waals surface area contributed by atoms with Crippen LogP contribution in [0, 0.1) is 6.92 Å². The Kier molecular flexibility index (Phi) is 7.45. The first-order valence-electron chi connectivity index (χ1n) is 10.2. The van der Waals surface area contributed by atoms with E-state index in [0.29, 0.717) is 24.2 Å². The van der Waals surface area contributed by atoms with Crippen molar-refractivity contribution in [1.29, 1.82) is 0 Å². The van der Waals surface area contributed by atoms with Gasteiger partial charge in [-0.3, -0.25) is 9.69 Å². The fourth-order valence-electron chi connectivity index (χ4n) is 3.71. The predicted octanol–water partition coefficient (Wildman–Crippen LogP) is 4.24. The third-order valence-electron chi connectivity index (χ3n) is 5.23. The van der Waals surface area contributed by atoms with Gasteiger partial charge in [-0.1, -0.05) is 37.3 Å². The molecule has 0 fully saturated rings. The highest BCUT2D eigenvalue weighted by Gasteiger charge is 2.23. The van der Waals surface area contributed by atoms with E-state index < -0.39 is 6.10 Å². The molecule has 170 valence electrons. The Bertz CT molecular complexity index is 1250. The highest BCUT2D eigenvalue weighted by molar-refractivity contribution is 6.06. The van der Waals surface area contributed by atoms with Crippen LogP contribution in [-0.2, 0) is 6.54 Å². The number of hydrogen-bond donors (Lipinski definition) is 2. The summed E-state index contributed by atoms with van der Waals surface area (Å²) in [7, 11) is 0. The molecule has 0 saturated carbocycles. The zero-order valence-electron chi connectivity index (χ0n) is 17.9. The summed E-state index contributed by atoms with van der Waals surface area (Å²) in [5, 5.41) is 21.5. The smallest absolute Gasteiger partial charge is 0.206 e. The summed E-state index contributed by atoms with van der Waals surface area (Å²) in [5.74, 6) is 0.368. The fraction of sp³-hybridized carbons (Fsp3) is 0.292. The Morgan fingerprint density at radius 3 is 2.62 bits per heavy atom. The maximum atomic E-state index is 12.5. The van der Waals surface area contributed by atoms with Crippen molar-refractivity contribution < 1.29 is 23.8 Å². The molecule has 0 amide bonds. The van der Waals surface area contributed by atoms with E-state index in [1.807, 2.05) is 37.3 Å². The molecule has 1 atom stereocenters. The number of hydrogen-bond acceptors (Lipinski definition) is 7. The first-order valence-corrected chi connectivity index (χ1v) is 10.2. The van der Waals surface area contributed by atoms with Crippen LogP contribution in [0.15, 0.2) is 62.4 Å². The van der Waals surface area contributed by atoms with Crippen molar-refractivity contribution in [3.05, 3.63) is 70.3 Å². The van der Waals surface area contributed by atoms with E-state index in [0.717, 1.165) is 12.1 Å². The fourth-order valence-corrected chi connectivity index (χ4v) is 3.71. The van der Waals surface area contributed by atoms with Crippen LogP contribution in [-0.4, -0.2) is 40.9 Å². The molecule has 4 aromatic rings. The molecule has 0 spiro atoms. The predicted molar refractivity (Wildman–Crippen MR) is 125 cm³/mol. The highest BCUT2D eigenvalue weighted by atomic mass is 35.5. The molecule has 0 aliphatic rings. The van der Waals surface area contributed by atoms with Gasteiger partial charge in [-0.2, -0.15) is 0 Å². The number of benzene rings is 2. The van der Waals surface area contributed by atoms with E-state index in [1.165, 1.54) is 12.3 Å². The van der Waals surface area contributed by atoms with Gasteiger partial charge in [0.15, 0.2) is 16.6 Å². The molecule has 1 unspecified atom stereocenters. The molecular weight excluding hydrogens is 434 g/mol. The number of fused-ring (bicyclic) bond motifs is 2. The van der Waals surface area contributed by atoms with Crippen LogP contribution in [0.4, 0.5) is 0 Å². The molecule has 2 heterocycles. The second kappa shape index (κ2) is 10.1. The molecule has 0 bridgehead atoms. The van der Waals surface area contributed by atoms with E-state index in [9.17, 15) is 15.0 Å². The van der Waals surface area contributed by atoms with Crippen LogP contribution in [0.1, 0.15) is 18.2 Å². The Morgan fingerprint density at radius 1 is 1.16 bits per heavy atom. The van der Waals surface area contributed by atoms with Crippen LogP contribution in [0.2, 0.25) is 0 Å². The van der Waals surface area contributed by atoms with Gasteiger partial charge in [0.25, 0.3) is 0 Å². The summed E-state index contributed by atoms with van der Waals surface area (Å²) < 4.78 is 17.1. The zero-order chi connectivity index (χ0) is 22.0.